The predicted molar refractivity (Wildman–Crippen MR) is 98.8 cm³/mol. The summed E-state index contributed by atoms with van der Waals surface area (Å²) in [5.41, 5.74) is 0. The van der Waals surface area contributed by atoms with Crippen LogP contribution in [0.2, 0.25) is 0 Å². The molecule has 0 radical (unpaired) electrons. The van der Waals surface area contributed by atoms with Crippen molar-refractivity contribution in [1.82, 2.24) is 9.80 Å². The van der Waals surface area contributed by atoms with Crippen molar-refractivity contribution in [3.05, 3.63) is 12.4 Å². The average Bonchev–Trinajstić information content (AvgIpc) is 2.90. The summed E-state index contributed by atoms with van der Waals surface area (Å²) in [6.45, 7) is 9.38. The van der Waals surface area contributed by atoms with E-state index in [2.05, 4.69) is 43.0 Å². The summed E-state index contributed by atoms with van der Waals surface area (Å²) in [5.74, 6) is 0. The number of hydrogen-bond donors (Lipinski definition) is 0. The summed E-state index contributed by atoms with van der Waals surface area (Å²) < 4.78 is 0. The van der Waals surface area contributed by atoms with Crippen molar-refractivity contribution >= 4 is 0 Å². The fourth-order valence-electron chi connectivity index (χ4n) is 3.39. The van der Waals surface area contributed by atoms with Gasteiger partial charge < -0.3 is 9.80 Å². The Balaban J connectivity index is 2.20. The van der Waals surface area contributed by atoms with E-state index in [9.17, 15) is 0 Å². The Hall–Kier alpha value is -0.660. The van der Waals surface area contributed by atoms with Crippen molar-refractivity contribution < 1.29 is 0 Å². The highest BCUT2D eigenvalue weighted by atomic mass is 15.4. The van der Waals surface area contributed by atoms with Gasteiger partial charge in [-0.2, -0.15) is 0 Å². The third kappa shape index (κ3) is 7.56. The van der Waals surface area contributed by atoms with Crippen molar-refractivity contribution in [1.29, 1.82) is 0 Å². The lowest BCUT2D eigenvalue weighted by molar-refractivity contribution is 0.138. The maximum Gasteiger partial charge on any atom is 0.101 e. The number of hydrogen-bond acceptors (Lipinski definition) is 2. The minimum Gasteiger partial charge on any atom is -0.356 e. The first-order valence-electron chi connectivity index (χ1n) is 10.0. The van der Waals surface area contributed by atoms with Crippen molar-refractivity contribution in [3.63, 3.8) is 0 Å². The van der Waals surface area contributed by atoms with Crippen LogP contribution in [-0.2, 0) is 0 Å². The van der Waals surface area contributed by atoms with Crippen LogP contribution >= 0.6 is 0 Å². The minimum absolute atomic E-state index is 0.641. The van der Waals surface area contributed by atoms with Gasteiger partial charge in [-0.1, -0.05) is 78.6 Å². The lowest BCUT2D eigenvalue weighted by Crippen LogP contribution is -2.39. The molecule has 0 aromatic rings. The van der Waals surface area contributed by atoms with Crippen LogP contribution in [-0.4, -0.2) is 29.1 Å². The van der Waals surface area contributed by atoms with E-state index < -0.39 is 0 Å². The maximum absolute atomic E-state index is 2.60. The second-order valence-electron chi connectivity index (χ2n) is 6.87. The van der Waals surface area contributed by atoms with E-state index in [0.717, 1.165) is 0 Å². The zero-order chi connectivity index (χ0) is 16.0. The second-order valence-corrected chi connectivity index (χ2v) is 6.87. The first-order chi connectivity index (χ1) is 10.8. The van der Waals surface area contributed by atoms with Crippen LogP contribution < -0.4 is 0 Å². The Morgan fingerprint density at radius 3 is 1.59 bits per heavy atom. The van der Waals surface area contributed by atoms with Crippen molar-refractivity contribution in [2.45, 2.75) is 104 Å². The van der Waals surface area contributed by atoms with Gasteiger partial charge in [0, 0.05) is 25.5 Å². The maximum atomic E-state index is 2.60. The van der Waals surface area contributed by atoms with Crippen molar-refractivity contribution in [2.24, 2.45) is 0 Å². The van der Waals surface area contributed by atoms with Gasteiger partial charge in [0.05, 0.1) is 0 Å². The molecule has 0 fully saturated rings. The normalized spacial score (nSPS) is 17.7. The first-order valence-corrected chi connectivity index (χ1v) is 10.0. The van der Waals surface area contributed by atoms with Crippen LogP contribution in [0, 0.1) is 0 Å². The lowest BCUT2D eigenvalue weighted by Gasteiger charge is -2.33. The summed E-state index contributed by atoms with van der Waals surface area (Å²) >= 11 is 0. The summed E-state index contributed by atoms with van der Waals surface area (Å²) in [5, 5.41) is 0. The van der Waals surface area contributed by atoms with Gasteiger partial charge in [-0.05, 0) is 19.3 Å². The zero-order valence-electron chi connectivity index (χ0n) is 15.5. The Kier molecular flexibility index (Phi) is 11.3. The van der Waals surface area contributed by atoms with E-state index in [0.29, 0.717) is 6.17 Å². The average molecular weight is 309 g/mol. The van der Waals surface area contributed by atoms with Crippen LogP contribution in [0.25, 0.3) is 0 Å². The highest BCUT2D eigenvalue weighted by molar-refractivity contribution is 4.96. The summed E-state index contributed by atoms with van der Waals surface area (Å²) in [6.07, 6.45) is 21.8. The molecule has 0 bridgehead atoms. The molecule has 2 heteroatoms. The van der Waals surface area contributed by atoms with Gasteiger partial charge in [0.2, 0.25) is 0 Å². The molecule has 2 nitrogen and oxygen atoms in total. The Bertz CT molecular complexity index is 275. The van der Waals surface area contributed by atoms with E-state index in [4.69, 9.17) is 0 Å². The van der Waals surface area contributed by atoms with Crippen LogP contribution in [0.4, 0.5) is 0 Å². The highest BCUT2D eigenvalue weighted by Crippen LogP contribution is 2.22. The van der Waals surface area contributed by atoms with Gasteiger partial charge in [0.1, 0.15) is 6.17 Å². The quantitative estimate of drug-likeness (QED) is 0.355. The smallest absolute Gasteiger partial charge is 0.101 e. The van der Waals surface area contributed by atoms with Gasteiger partial charge in [0.25, 0.3) is 0 Å². The minimum atomic E-state index is 0.641. The van der Waals surface area contributed by atoms with E-state index in [-0.39, 0.29) is 0 Å². The van der Waals surface area contributed by atoms with E-state index in [1.165, 1.54) is 90.1 Å². The summed E-state index contributed by atoms with van der Waals surface area (Å²) in [7, 11) is 0. The standard InChI is InChI=1S/C20H40N2/c1-4-7-9-10-11-12-14-17-22-19-18-21(16-13-8-5-2)20(22)15-6-3/h18-20H,4-17H2,1-3H3. The third-order valence-corrected chi connectivity index (χ3v) is 4.80. The first kappa shape index (κ1) is 19.4. The molecule has 0 amide bonds. The summed E-state index contributed by atoms with van der Waals surface area (Å²) in [6, 6.07) is 0. The molecular weight excluding hydrogens is 268 g/mol. The Morgan fingerprint density at radius 1 is 0.591 bits per heavy atom. The molecule has 1 aliphatic rings. The Morgan fingerprint density at radius 2 is 1.05 bits per heavy atom. The van der Waals surface area contributed by atoms with Crippen LogP contribution in [0.1, 0.15) is 97.8 Å². The van der Waals surface area contributed by atoms with Gasteiger partial charge in [0.15, 0.2) is 0 Å². The molecule has 130 valence electrons. The monoisotopic (exact) mass is 308 g/mol. The SMILES string of the molecule is CCCCCCCCCN1C=CN(CCCCC)C1CCC. The summed E-state index contributed by atoms with van der Waals surface area (Å²) in [4.78, 5) is 5.18. The van der Waals surface area contributed by atoms with E-state index >= 15 is 0 Å². The molecule has 0 saturated heterocycles. The molecule has 1 heterocycles. The lowest BCUT2D eigenvalue weighted by atomic mass is 10.1. The molecular formula is C20H40N2. The molecule has 0 spiro atoms. The molecule has 22 heavy (non-hydrogen) atoms. The van der Waals surface area contributed by atoms with Crippen LogP contribution in [0.3, 0.4) is 0 Å². The molecule has 1 unspecified atom stereocenters. The molecule has 0 aromatic carbocycles. The van der Waals surface area contributed by atoms with Gasteiger partial charge in [-0.25, -0.2) is 0 Å². The van der Waals surface area contributed by atoms with Crippen molar-refractivity contribution in [3.8, 4) is 0 Å². The second kappa shape index (κ2) is 12.8. The molecule has 0 aromatic heterocycles. The number of unbranched alkanes of at least 4 members (excludes halogenated alkanes) is 8. The molecule has 0 N–H and O–H groups in total. The van der Waals surface area contributed by atoms with Crippen LogP contribution in [0.5, 0.6) is 0 Å². The van der Waals surface area contributed by atoms with Crippen LogP contribution in [0.15, 0.2) is 12.4 Å². The molecule has 0 saturated carbocycles. The van der Waals surface area contributed by atoms with E-state index in [1.807, 2.05) is 0 Å². The number of rotatable bonds is 14. The molecule has 1 rings (SSSR count). The highest BCUT2D eigenvalue weighted by Gasteiger charge is 2.24. The molecule has 1 aliphatic heterocycles. The van der Waals surface area contributed by atoms with Gasteiger partial charge in [-0.3, -0.25) is 0 Å². The van der Waals surface area contributed by atoms with E-state index in [1.54, 1.807) is 0 Å². The third-order valence-electron chi connectivity index (χ3n) is 4.80. The molecule has 0 aliphatic carbocycles. The Labute approximate surface area is 139 Å². The fraction of sp³-hybridized carbons (Fsp3) is 0.900. The number of nitrogens with zero attached hydrogens (tertiary/aromatic N) is 2. The van der Waals surface area contributed by atoms with Gasteiger partial charge >= 0.3 is 0 Å². The van der Waals surface area contributed by atoms with Gasteiger partial charge in [-0.15, -0.1) is 0 Å². The predicted octanol–water partition coefficient (Wildman–Crippen LogP) is 6.14. The van der Waals surface area contributed by atoms with Crippen molar-refractivity contribution in [2.75, 3.05) is 13.1 Å². The largest absolute Gasteiger partial charge is 0.356 e. The fourth-order valence-corrected chi connectivity index (χ4v) is 3.39. The molecule has 1 atom stereocenters. The zero-order valence-corrected chi connectivity index (χ0v) is 15.5. The topological polar surface area (TPSA) is 6.48 Å².